The lowest BCUT2D eigenvalue weighted by Gasteiger charge is -2.15. The van der Waals surface area contributed by atoms with Crippen LogP contribution in [0, 0.1) is 6.92 Å². The topological polar surface area (TPSA) is 41.5 Å². The molecule has 0 fully saturated rings. The highest BCUT2D eigenvalue weighted by Crippen LogP contribution is 2.25. The zero-order valence-electron chi connectivity index (χ0n) is 12.4. The molecule has 0 spiro atoms. The first-order valence-electron chi connectivity index (χ1n) is 6.83. The first kappa shape index (κ1) is 17.8. The molecule has 0 aliphatic carbocycles. The third-order valence-corrected chi connectivity index (χ3v) is 4.69. The van der Waals surface area contributed by atoms with Crippen molar-refractivity contribution in [1.82, 2.24) is 5.32 Å². The van der Waals surface area contributed by atoms with Gasteiger partial charge >= 0.3 is 0 Å². The van der Waals surface area contributed by atoms with Crippen LogP contribution in [0.25, 0.3) is 0 Å². The Hall–Kier alpha value is -0.230. The highest BCUT2D eigenvalue weighted by molar-refractivity contribution is 9.10. The molecule has 3 nitrogen and oxygen atoms in total. The normalized spacial score (nSPS) is 14.1. The zero-order valence-corrected chi connectivity index (χ0v) is 14.8. The molecule has 0 radical (unpaired) electrons. The molecule has 5 heteroatoms. The van der Waals surface area contributed by atoms with Crippen LogP contribution in [0.15, 0.2) is 22.7 Å². The van der Waals surface area contributed by atoms with Gasteiger partial charge in [-0.3, -0.25) is 0 Å². The molecule has 0 aliphatic heterocycles. The predicted molar refractivity (Wildman–Crippen MR) is 90.8 cm³/mol. The van der Waals surface area contributed by atoms with Crippen LogP contribution in [0.2, 0.25) is 0 Å². The number of halogens is 1. The molecule has 0 saturated carbocycles. The van der Waals surface area contributed by atoms with E-state index in [-0.39, 0.29) is 0 Å². The van der Waals surface area contributed by atoms with Gasteiger partial charge in [0, 0.05) is 11.8 Å². The van der Waals surface area contributed by atoms with E-state index in [0.717, 1.165) is 23.2 Å². The Morgan fingerprint density at radius 1 is 1.45 bits per heavy atom. The summed E-state index contributed by atoms with van der Waals surface area (Å²) in [5.74, 6) is 0.769. The number of aryl methyl sites for hydroxylation is 1. The van der Waals surface area contributed by atoms with Gasteiger partial charge in [0.25, 0.3) is 0 Å². The number of aliphatic hydroxyl groups excluding tert-OH is 1. The van der Waals surface area contributed by atoms with Crippen molar-refractivity contribution >= 4 is 27.7 Å². The van der Waals surface area contributed by atoms with Gasteiger partial charge in [-0.2, -0.15) is 11.8 Å². The number of aliphatic hydroxyl groups is 1. The van der Waals surface area contributed by atoms with Crippen molar-refractivity contribution in [2.45, 2.75) is 31.6 Å². The molecule has 0 amide bonds. The van der Waals surface area contributed by atoms with Crippen LogP contribution in [0.5, 0.6) is 5.75 Å². The molecular weight excluding hydrogens is 338 g/mol. The van der Waals surface area contributed by atoms with E-state index in [1.807, 2.05) is 36.9 Å². The van der Waals surface area contributed by atoms with Crippen molar-refractivity contribution < 1.29 is 9.84 Å². The van der Waals surface area contributed by atoms with Crippen LogP contribution in [0.1, 0.15) is 18.9 Å². The minimum atomic E-state index is -0.493. The number of hydrogen-bond donors (Lipinski definition) is 2. The van der Waals surface area contributed by atoms with Gasteiger partial charge in [-0.05, 0) is 59.8 Å². The minimum Gasteiger partial charge on any atom is -0.490 e. The molecule has 20 heavy (non-hydrogen) atoms. The average molecular weight is 362 g/mol. The molecule has 0 aromatic heterocycles. The van der Waals surface area contributed by atoms with Crippen molar-refractivity contribution in [3.05, 3.63) is 28.2 Å². The van der Waals surface area contributed by atoms with Gasteiger partial charge in [0.1, 0.15) is 18.5 Å². The van der Waals surface area contributed by atoms with E-state index in [0.29, 0.717) is 18.4 Å². The second kappa shape index (κ2) is 9.66. The van der Waals surface area contributed by atoms with Gasteiger partial charge in [-0.25, -0.2) is 0 Å². The summed E-state index contributed by atoms with van der Waals surface area (Å²) in [6.07, 6.45) is 2.73. The summed E-state index contributed by atoms with van der Waals surface area (Å²) in [4.78, 5) is 0. The minimum absolute atomic E-state index is 0.298. The first-order chi connectivity index (χ1) is 9.52. The molecular formula is C15H24BrNO2S. The SMILES string of the molecule is CSC(C)CCNCC(O)COc1ccc(C)cc1Br. The van der Waals surface area contributed by atoms with Gasteiger partial charge in [0.2, 0.25) is 0 Å². The summed E-state index contributed by atoms with van der Waals surface area (Å²) in [6.45, 7) is 6.02. The Morgan fingerprint density at radius 3 is 2.85 bits per heavy atom. The van der Waals surface area contributed by atoms with Crippen LogP contribution < -0.4 is 10.1 Å². The Balaban J connectivity index is 2.21. The van der Waals surface area contributed by atoms with Crippen molar-refractivity contribution in [3.8, 4) is 5.75 Å². The number of benzene rings is 1. The summed E-state index contributed by atoms with van der Waals surface area (Å²) in [5, 5.41) is 13.8. The van der Waals surface area contributed by atoms with Crippen molar-refractivity contribution in [3.63, 3.8) is 0 Å². The predicted octanol–water partition coefficient (Wildman–Crippen LogP) is 3.23. The molecule has 1 aromatic carbocycles. The van der Waals surface area contributed by atoms with Crippen molar-refractivity contribution in [2.75, 3.05) is 26.0 Å². The Labute approximate surface area is 134 Å². The van der Waals surface area contributed by atoms with E-state index in [4.69, 9.17) is 4.74 Å². The fourth-order valence-corrected chi connectivity index (χ4v) is 2.62. The van der Waals surface area contributed by atoms with E-state index >= 15 is 0 Å². The molecule has 0 saturated heterocycles. The van der Waals surface area contributed by atoms with Gasteiger partial charge in [-0.15, -0.1) is 0 Å². The molecule has 2 atom stereocenters. The molecule has 0 aliphatic rings. The zero-order chi connectivity index (χ0) is 15.0. The maximum Gasteiger partial charge on any atom is 0.133 e. The van der Waals surface area contributed by atoms with E-state index in [1.54, 1.807) is 0 Å². The van der Waals surface area contributed by atoms with E-state index < -0.39 is 6.10 Å². The summed E-state index contributed by atoms with van der Waals surface area (Å²) in [5.41, 5.74) is 1.18. The number of thioether (sulfide) groups is 1. The van der Waals surface area contributed by atoms with Crippen molar-refractivity contribution in [1.29, 1.82) is 0 Å². The summed E-state index contributed by atoms with van der Waals surface area (Å²) >= 11 is 5.32. The van der Waals surface area contributed by atoms with Gasteiger partial charge in [0.05, 0.1) is 4.47 Å². The molecule has 1 aromatic rings. The monoisotopic (exact) mass is 361 g/mol. The summed E-state index contributed by atoms with van der Waals surface area (Å²) in [7, 11) is 0. The van der Waals surface area contributed by atoms with Crippen LogP contribution in [-0.4, -0.2) is 42.4 Å². The van der Waals surface area contributed by atoms with Crippen LogP contribution in [-0.2, 0) is 0 Å². The van der Waals surface area contributed by atoms with Gasteiger partial charge < -0.3 is 15.2 Å². The van der Waals surface area contributed by atoms with Gasteiger partial charge in [0.15, 0.2) is 0 Å². The quantitative estimate of drug-likeness (QED) is 0.662. The lowest BCUT2D eigenvalue weighted by Crippen LogP contribution is -2.32. The van der Waals surface area contributed by atoms with Gasteiger partial charge in [-0.1, -0.05) is 13.0 Å². The van der Waals surface area contributed by atoms with E-state index in [9.17, 15) is 5.11 Å². The summed E-state index contributed by atoms with van der Waals surface area (Å²) < 4.78 is 6.53. The van der Waals surface area contributed by atoms with E-state index in [1.165, 1.54) is 5.56 Å². The standard InChI is InChI=1S/C15H24BrNO2S/c1-11-4-5-15(14(16)8-11)19-10-13(18)9-17-7-6-12(2)20-3/h4-5,8,12-13,17-18H,6-7,9-10H2,1-3H3. The lowest BCUT2D eigenvalue weighted by molar-refractivity contribution is 0.106. The Kier molecular flexibility index (Phi) is 8.61. The smallest absolute Gasteiger partial charge is 0.133 e. The maximum atomic E-state index is 9.87. The van der Waals surface area contributed by atoms with Crippen LogP contribution in [0.3, 0.4) is 0 Å². The molecule has 0 bridgehead atoms. The lowest BCUT2D eigenvalue weighted by atomic mass is 10.2. The highest BCUT2D eigenvalue weighted by Gasteiger charge is 2.07. The summed E-state index contributed by atoms with van der Waals surface area (Å²) in [6, 6.07) is 5.91. The third-order valence-electron chi connectivity index (χ3n) is 3.03. The first-order valence-corrected chi connectivity index (χ1v) is 8.91. The fourth-order valence-electron chi connectivity index (χ4n) is 1.66. The Morgan fingerprint density at radius 2 is 2.20 bits per heavy atom. The van der Waals surface area contributed by atoms with Crippen LogP contribution >= 0.6 is 27.7 Å². The third kappa shape index (κ3) is 6.97. The highest BCUT2D eigenvalue weighted by atomic mass is 79.9. The van der Waals surface area contributed by atoms with E-state index in [2.05, 4.69) is 34.4 Å². The molecule has 0 heterocycles. The molecule has 1 rings (SSSR count). The fraction of sp³-hybridized carbons (Fsp3) is 0.600. The Bertz CT molecular complexity index is 403. The maximum absolute atomic E-state index is 9.87. The largest absolute Gasteiger partial charge is 0.490 e. The number of ether oxygens (including phenoxy) is 1. The number of hydrogen-bond acceptors (Lipinski definition) is 4. The number of nitrogens with one attached hydrogen (secondary N) is 1. The molecule has 114 valence electrons. The van der Waals surface area contributed by atoms with Crippen LogP contribution in [0.4, 0.5) is 0 Å². The average Bonchev–Trinajstić information content (AvgIpc) is 2.42. The van der Waals surface area contributed by atoms with Crippen molar-refractivity contribution in [2.24, 2.45) is 0 Å². The number of rotatable bonds is 9. The second-order valence-electron chi connectivity index (χ2n) is 4.94. The second-order valence-corrected chi connectivity index (χ2v) is 7.07. The molecule has 2 N–H and O–H groups in total. The molecule has 2 unspecified atom stereocenters.